The summed E-state index contributed by atoms with van der Waals surface area (Å²) in [5.41, 5.74) is 2.25. The van der Waals surface area contributed by atoms with Gasteiger partial charge in [-0.1, -0.05) is 18.2 Å². The van der Waals surface area contributed by atoms with E-state index >= 15 is 0 Å². The van der Waals surface area contributed by atoms with Gasteiger partial charge in [-0.15, -0.1) is 0 Å². The van der Waals surface area contributed by atoms with Crippen LogP contribution >= 0.6 is 0 Å². The van der Waals surface area contributed by atoms with E-state index in [-0.39, 0.29) is 5.91 Å². The van der Waals surface area contributed by atoms with Crippen LogP contribution in [-0.4, -0.2) is 42.0 Å². The van der Waals surface area contributed by atoms with Crippen LogP contribution in [0, 0.1) is 0 Å². The molecule has 3 rings (SSSR count). The summed E-state index contributed by atoms with van der Waals surface area (Å²) in [4.78, 5) is 18.6. The van der Waals surface area contributed by atoms with Gasteiger partial charge in [0.05, 0.1) is 12.8 Å². The number of ether oxygens (including phenoxy) is 1. The lowest BCUT2D eigenvalue weighted by molar-refractivity contribution is -0.129. The van der Waals surface area contributed by atoms with Crippen molar-refractivity contribution in [1.82, 2.24) is 15.2 Å². The van der Waals surface area contributed by atoms with Gasteiger partial charge in [-0.05, 0) is 55.6 Å². The first-order valence-corrected chi connectivity index (χ1v) is 9.29. The molecule has 1 aromatic carbocycles. The molecule has 1 aliphatic heterocycles. The van der Waals surface area contributed by atoms with Gasteiger partial charge in [0.1, 0.15) is 5.75 Å². The lowest BCUT2D eigenvalue weighted by Gasteiger charge is -2.25. The molecule has 0 saturated carbocycles. The Morgan fingerprint density at radius 1 is 1.27 bits per heavy atom. The average molecular weight is 353 g/mol. The number of amides is 1. The summed E-state index contributed by atoms with van der Waals surface area (Å²) in [6.45, 7) is 2.44. The smallest absolute Gasteiger partial charge is 0.222 e. The number of carbonyl (C=O) groups excluding carboxylic acids is 1. The number of rotatable bonds is 9. The molecule has 1 N–H and O–H groups in total. The van der Waals surface area contributed by atoms with Crippen LogP contribution in [0.3, 0.4) is 0 Å². The Hall–Kier alpha value is -2.40. The Labute approximate surface area is 155 Å². The fraction of sp³-hybridized carbons (Fsp3) is 0.429. The maximum Gasteiger partial charge on any atom is 0.222 e. The third kappa shape index (κ3) is 5.05. The van der Waals surface area contributed by atoms with Crippen LogP contribution in [-0.2, 0) is 17.8 Å². The first-order valence-electron chi connectivity index (χ1n) is 9.29. The Morgan fingerprint density at radius 2 is 2.19 bits per heavy atom. The number of nitrogens with zero attached hydrogens (tertiary/aromatic N) is 2. The predicted molar refractivity (Wildman–Crippen MR) is 102 cm³/mol. The lowest BCUT2D eigenvalue weighted by atomic mass is 10.1. The Bertz CT molecular complexity index is 705. The van der Waals surface area contributed by atoms with E-state index in [9.17, 15) is 4.79 Å². The second kappa shape index (κ2) is 9.34. The maximum absolute atomic E-state index is 12.3. The van der Waals surface area contributed by atoms with Gasteiger partial charge in [-0.2, -0.15) is 0 Å². The van der Waals surface area contributed by atoms with Gasteiger partial charge in [-0.3, -0.25) is 9.78 Å². The van der Waals surface area contributed by atoms with Gasteiger partial charge in [-0.25, -0.2) is 0 Å². The molecule has 5 heteroatoms. The zero-order valence-corrected chi connectivity index (χ0v) is 15.4. The Morgan fingerprint density at radius 3 is 3.00 bits per heavy atom. The van der Waals surface area contributed by atoms with E-state index in [1.807, 2.05) is 42.6 Å². The fourth-order valence-corrected chi connectivity index (χ4v) is 3.47. The van der Waals surface area contributed by atoms with E-state index in [1.165, 1.54) is 5.56 Å². The van der Waals surface area contributed by atoms with E-state index in [1.54, 1.807) is 7.11 Å². The number of benzene rings is 1. The van der Waals surface area contributed by atoms with Crippen molar-refractivity contribution in [3.8, 4) is 5.75 Å². The van der Waals surface area contributed by atoms with Crippen LogP contribution in [0.5, 0.6) is 5.75 Å². The average Bonchev–Trinajstić information content (AvgIpc) is 3.04. The number of likely N-dealkylation sites (tertiary alicyclic amines) is 1. The van der Waals surface area contributed by atoms with Crippen LogP contribution in [0.4, 0.5) is 0 Å². The van der Waals surface area contributed by atoms with Crippen molar-refractivity contribution in [2.45, 2.75) is 38.3 Å². The number of methoxy groups -OCH3 is 1. The molecular weight excluding hydrogens is 326 g/mol. The highest BCUT2D eigenvalue weighted by Crippen LogP contribution is 2.22. The van der Waals surface area contributed by atoms with Crippen molar-refractivity contribution in [2.75, 3.05) is 20.2 Å². The highest BCUT2D eigenvalue weighted by molar-refractivity contribution is 5.78. The van der Waals surface area contributed by atoms with Gasteiger partial charge in [0.15, 0.2) is 0 Å². The molecular formula is C21H27N3O2. The summed E-state index contributed by atoms with van der Waals surface area (Å²) in [6.07, 6.45) is 5.29. The first kappa shape index (κ1) is 18.4. The molecule has 1 aliphatic rings. The van der Waals surface area contributed by atoms with Gasteiger partial charge < -0.3 is 15.0 Å². The topological polar surface area (TPSA) is 54.5 Å². The van der Waals surface area contributed by atoms with Crippen LogP contribution in [0.15, 0.2) is 48.7 Å². The molecule has 2 aromatic rings. The SMILES string of the molecule is COc1cccc(CCN2C(=O)CC[C@H]2CCNCc2ccccn2)c1. The van der Waals surface area contributed by atoms with Crippen LogP contribution < -0.4 is 10.1 Å². The summed E-state index contributed by atoms with van der Waals surface area (Å²) in [7, 11) is 1.68. The number of aromatic nitrogens is 1. The monoisotopic (exact) mass is 353 g/mol. The van der Waals surface area contributed by atoms with Crippen LogP contribution in [0.1, 0.15) is 30.5 Å². The van der Waals surface area contributed by atoms with E-state index in [0.29, 0.717) is 12.5 Å². The molecule has 1 atom stereocenters. The normalized spacial score (nSPS) is 16.9. The van der Waals surface area contributed by atoms with Gasteiger partial charge in [0.2, 0.25) is 5.91 Å². The van der Waals surface area contributed by atoms with Crippen molar-refractivity contribution in [1.29, 1.82) is 0 Å². The molecule has 1 saturated heterocycles. The van der Waals surface area contributed by atoms with Crippen LogP contribution in [0.2, 0.25) is 0 Å². The second-order valence-electron chi connectivity index (χ2n) is 6.67. The molecule has 1 amide bonds. The summed E-state index contributed by atoms with van der Waals surface area (Å²) in [6, 6.07) is 14.4. The molecule has 1 fully saturated rings. The van der Waals surface area contributed by atoms with Crippen molar-refractivity contribution in [2.24, 2.45) is 0 Å². The van der Waals surface area contributed by atoms with Crippen molar-refractivity contribution < 1.29 is 9.53 Å². The Balaban J connectivity index is 1.45. The molecule has 0 radical (unpaired) electrons. The van der Waals surface area contributed by atoms with Crippen molar-refractivity contribution >= 4 is 5.91 Å². The number of pyridine rings is 1. The molecule has 138 valence electrons. The van der Waals surface area contributed by atoms with Crippen molar-refractivity contribution in [3.05, 3.63) is 59.9 Å². The van der Waals surface area contributed by atoms with Crippen LogP contribution in [0.25, 0.3) is 0 Å². The van der Waals surface area contributed by atoms with E-state index in [2.05, 4.69) is 21.3 Å². The number of carbonyl (C=O) groups is 1. The highest BCUT2D eigenvalue weighted by Gasteiger charge is 2.29. The number of nitrogens with one attached hydrogen (secondary N) is 1. The van der Waals surface area contributed by atoms with E-state index in [4.69, 9.17) is 4.74 Å². The zero-order valence-electron chi connectivity index (χ0n) is 15.4. The quantitative estimate of drug-likeness (QED) is 0.705. The highest BCUT2D eigenvalue weighted by atomic mass is 16.5. The molecule has 2 heterocycles. The van der Waals surface area contributed by atoms with Gasteiger partial charge >= 0.3 is 0 Å². The largest absolute Gasteiger partial charge is 0.497 e. The molecule has 0 unspecified atom stereocenters. The molecule has 5 nitrogen and oxygen atoms in total. The minimum Gasteiger partial charge on any atom is -0.497 e. The minimum absolute atomic E-state index is 0.280. The predicted octanol–water partition coefficient (Wildman–Crippen LogP) is 2.80. The van der Waals surface area contributed by atoms with Crippen molar-refractivity contribution in [3.63, 3.8) is 0 Å². The third-order valence-electron chi connectivity index (χ3n) is 4.91. The molecule has 0 aliphatic carbocycles. The first-order chi connectivity index (χ1) is 12.8. The summed E-state index contributed by atoms with van der Waals surface area (Å²) in [5, 5.41) is 3.44. The number of hydrogen-bond acceptors (Lipinski definition) is 4. The standard InChI is InChI=1S/C21H27N3O2/c1-26-20-7-4-5-17(15-20)11-14-24-19(8-9-21(24)25)10-13-22-16-18-6-2-3-12-23-18/h2-7,12,15,19,22H,8-11,13-14,16H2,1H3/t19-/m0/s1. The fourth-order valence-electron chi connectivity index (χ4n) is 3.47. The number of hydrogen-bond donors (Lipinski definition) is 1. The lowest BCUT2D eigenvalue weighted by Crippen LogP contribution is -2.36. The summed E-state index contributed by atoms with van der Waals surface area (Å²) >= 11 is 0. The second-order valence-corrected chi connectivity index (χ2v) is 6.67. The zero-order chi connectivity index (χ0) is 18.2. The molecule has 0 spiro atoms. The molecule has 26 heavy (non-hydrogen) atoms. The van der Waals surface area contributed by atoms with Gasteiger partial charge in [0.25, 0.3) is 0 Å². The van der Waals surface area contributed by atoms with E-state index < -0.39 is 0 Å². The van der Waals surface area contributed by atoms with Gasteiger partial charge in [0, 0.05) is 31.7 Å². The Kier molecular flexibility index (Phi) is 6.61. The minimum atomic E-state index is 0.280. The molecule has 0 bridgehead atoms. The molecule has 1 aromatic heterocycles. The summed E-state index contributed by atoms with van der Waals surface area (Å²) in [5.74, 6) is 1.15. The third-order valence-corrected chi connectivity index (χ3v) is 4.91. The maximum atomic E-state index is 12.3. The summed E-state index contributed by atoms with van der Waals surface area (Å²) < 4.78 is 5.28. The van der Waals surface area contributed by atoms with E-state index in [0.717, 1.165) is 50.3 Å².